The van der Waals surface area contributed by atoms with Crippen LogP contribution in [0.3, 0.4) is 0 Å². The molecule has 3 nitrogen and oxygen atoms in total. The Balaban J connectivity index is 2.64. The molecule has 1 N–H and O–H groups in total. The molecule has 0 heterocycles. The minimum atomic E-state index is -0.930. The standard InChI is InChI=1S/C13H15BrO3/c1-10(9-13(15)16)11-3-5-12(6-4-11)17-8-2-7-14/h3-6,9H,2,7-8H2,1H3,(H,15,16)/b10-9+. The molecule has 1 rings (SSSR count). The highest BCUT2D eigenvalue weighted by Crippen LogP contribution is 2.18. The highest BCUT2D eigenvalue weighted by atomic mass is 79.9. The van der Waals surface area contributed by atoms with Crippen molar-refractivity contribution in [2.45, 2.75) is 13.3 Å². The van der Waals surface area contributed by atoms with Gasteiger partial charge in [0.15, 0.2) is 0 Å². The minimum absolute atomic E-state index is 0.675. The SMILES string of the molecule is C/C(=C\C(=O)O)c1ccc(OCCCBr)cc1. The lowest BCUT2D eigenvalue weighted by atomic mass is 10.1. The minimum Gasteiger partial charge on any atom is -0.494 e. The summed E-state index contributed by atoms with van der Waals surface area (Å²) in [6.45, 7) is 2.45. The van der Waals surface area contributed by atoms with Crippen molar-refractivity contribution < 1.29 is 14.6 Å². The van der Waals surface area contributed by atoms with E-state index in [1.165, 1.54) is 6.08 Å². The Morgan fingerprint density at radius 1 is 1.41 bits per heavy atom. The van der Waals surface area contributed by atoms with Gasteiger partial charge in [-0.3, -0.25) is 0 Å². The zero-order chi connectivity index (χ0) is 12.7. The molecule has 0 bridgehead atoms. The fourth-order valence-electron chi connectivity index (χ4n) is 1.33. The monoisotopic (exact) mass is 298 g/mol. The zero-order valence-electron chi connectivity index (χ0n) is 9.65. The fourth-order valence-corrected chi connectivity index (χ4v) is 1.56. The molecular weight excluding hydrogens is 284 g/mol. The summed E-state index contributed by atoms with van der Waals surface area (Å²) in [4.78, 5) is 10.5. The zero-order valence-corrected chi connectivity index (χ0v) is 11.2. The Morgan fingerprint density at radius 2 is 2.06 bits per heavy atom. The van der Waals surface area contributed by atoms with Crippen LogP contribution in [0.15, 0.2) is 30.3 Å². The number of allylic oxidation sites excluding steroid dienone is 1. The van der Waals surface area contributed by atoms with E-state index in [-0.39, 0.29) is 0 Å². The molecular formula is C13H15BrO3. The van der Waals surface area contributed by atoms with E-state index in [0.717, 1.165) is 28.6 Å². The van der Waals surface area contributed by atoms with Crippen molar-refractivity contribution in [1.82, 2.24) is 0 Å². The first-order valence-electron chi connectivity index (χ1n) is 5.34. The summed E-state index contributed by atoms with van der Waals surface area (Å²) in [5.41, 5.74) is 1.62. The van der Waals surface area contributed by atoms with Crippen LogP contribution in [-0.2, 0) is 4.79 Å². The van der Waals surface area contributed by atoms with Crippen molar-refractivity contribution in [2.24, 2.45) is 0 Å². The van der Waals surface area contributed by atoms with Gasteiger partial charge in [0, 0.05) is 11.4 Å². The molecule has 0 fully saturated rings. The number of aliphatic carboxylic acids is 1. The van der Waals surface area contributed by atoms with E-state index in [1.54, 1.807) is 6.92 Å². The molecule has 0 aliphatic carbocycles. The Hall–Kier alpha value is -1.29. The van der Waals surface area contributed by atoms with Crippen LogP contribution >= 0.6 is 15.9 Å². The van der Waals surface area contributed by atoms with Gasteiger partial charge in [-0.1, -0.05) is 28.1 Å². The molecule has 0 atom stereocenters. The Morgan fingerprint density at radius 3 is 2.59 bits per heavy atom. The van der Waals surface area contributed by atoms with Gasteiger partial charge in [0.05, 0.1) is 6.61 Å². The summed E-state index contributed by atoms with van der Waals surface area (Å²) in [6.07, 6.45) is 2.15. The van der Waals surface area contributed by atoms with E-state index in [9.17, 15) is 4.79 Å². The van der Waals surface area contributed by atoms with E-state index >= 15 is 0 Å². The first kappa shape index (κ1) is 13.8. The van der Waals surface area contributed by atoms with Crippen LogP contribution in [0.5, 0.6) is 5.75 Å². The number of rotatable bonds is 6. The molecule has 0 amide bonds. The molecule has 1 aromatic carbocycles. The number of hydrogen-bond donors (Lipinski definition) is 1. The van der Waals surface area contributed by atoms with Gasteiger partial charge < -0.3 is 9.84 Å². The summed E-state index contributed by atoms with van der Waals surface area (Å²) in [6, 6.07) is 7.42. The maximum atomic E-state index is 10.5. The highest BCUT2D eigenvalue weighted by molar-refractivity contribution is 9.09. The largest absolute Gasteiger partial charge is 0.494 e. The maximum absolute atomic E-state index is 10.5. The summed E-state index contributed by atoms with van der Waals surface area (Å²) >= 11 is 3.33. The maximum Gasteiger partial charge on any atom is 0.328 e. The third-order valence-electron chi connectivity index (χ3n) is 2.20. The molecule has 0 aromatic heterocycles. The predicted octanol–water partition coefficient (Wildman–Crippen LogP) is 3.34. The van der Waals surface area contributed by atoms with Gasteiger partial charge >= 0.3 is 5.97 Å². The molecule has 0 aliphatic rings. The van der Waals surface area contributed by atoms with Gasteiger partial charge in [-0.05, 0) is 36.6 Å². The van der Waals surface area contributed by atoms with Crippen LogP contribution in [0.2, 0.25) is 0 Å². The van der Waals surface area contributed by atoms with Gasteiger partial charge in [-0.15, -0.1) is 0 Å². The predicted molar refractivity (Wildman–Crippen MR) is 71.6 cm³/mol. The average molecular weight is 299 g/mol. The number of carbonyl (C=O) groups is 1. The lowest BCUT2D eigenvalue weighted by Gasteiger charge is -2.06. The lowest BCUT2D eigenvalue weighted by molar-refractivity contribution is -0.131. The summed E-state index contributed by atoms with van der Waals surface area (Å²) in [5.74, 6) is -0.127. The fraction of sp³-hybridized carbons (Fsp3) is 0.308. The average Bonchev–Trinajstić information content (AvgIpc) is 2.29. The van der Waals surface area contributed by atoms with Crippen molar-refractivity contribution >= 4 is 27.5 Å². The molecule has 0 saturated carbocycles. The molecule has 92 valence electrons. The first-order chi connectivity index (χ1) is 8.13. The van der Waals surface area contributed by atoms with Crippen LogP contribution < -0.4 is 4.74 Å². The number of halogens is 1. The molecule has 0 saturated heterocycles. The third kappa shape index (κ3) is 5.04. The number of ether oxygens (including phenoxy) is 1. The van der Waals surface area contributed by atoms with E-state index < -0.39 is 5.97 Å². The van der Waals surface area contributed by atoms with E-state index in [4.69, 9.17) is 9.84 Å². The second-order valence-corrected chi connectivity index (χ2v) is 4.37. The van der Waals surface area contributed by atoms with Crippen molar-refractivity contribution in [3.63, 3.8) is 0 Å². The van der Waals surface area contributed by atoms with Crippen LogP contribution in [0, 0.1) is 0 Å². The molecule has 0 spiro atoms. The van der Waals surface area contributed by atoms with Crippen molar-refractivity contribution in [3.05, 3.63) is 35.9 Å². The van der Waals surface area contributed by atoms with Gasteiger partial charge in [0.2, 0.25) is 0 Å². The van der Waals surface area contributed by atoms with Crippen molar-refractivity contribution in [3.8, 4) is 5.75 Å². The van der Waals surface area contributed by atoms with E-state index in [2.05, 4.69) is 15.9 Å². The smallest absolute Gasteiger partial charge is 0.328 e. The topological polar surface area (TPSA) is 46.5 Å². The second-order valence-electron chi connectivity index (χ2n) is 3.58. The number of alkyl halides is 1. The second kappa shape index (κ2) is 7.12. The first-order valence-corrected chi connectivity index (χ1v) is 6.46. The van der Waals surface area contributed by atoms with Gasteiger partial charge in [-0.25, -0.2) is 4.79 Å². The molecule has 0 unspecified atom stereocenters. The van der Waals surface area contributed by atoms with E-state index in [1.807, 2.05) is 24.3 Å². The quantitative estimate of drug-likeness (QED) is 0.498. The summed E-state index contributed by atoms with van der Waals surface area (Å²) in [7, 11) is 0. The van der Waals surface area contributed by atoms with Gasteiger partial charge in [0.1, 0.15) is 5.75 Å². The van der Waals surface area contributed by atoms with Crippen LogP contribution in [-0.4, -0.2) is 23.0 Å². The lowest BCUT2D eigenvalue weighted by Crippen LogP contribution is -1.97. The summed E-state index contributed by atoms with van der Waals surface area (Å²) in [5, 5.41) is 9.56. The molecule has 4 heteroatoms. The number of benzene rings is 1. The number of hydrogen-bond acceptors (Lipinski definition) is 2. The van der Waals surface area contributed by atoms with Crippen LogP contribution in [0.1, 0.15) is 18.9 Å². The Bertz CT molecular complexity index is 396. The highest BCUT2D eigenvalue weighted by Gasteiger charge is 1.99. The van der Waals surface area contributed by atoms with Gasteiger partial charge in [-0.2, -0.15) is 0 Å². The third-order valence-corrected chi connectivity index (χ3v) is 2.76. The number of carboxylic acids is 1. The van der Waals surface area contributed by atoms with Crippen molar-refractivity contribution in [2.75, 3.05) is 11.9 Å². The molecule has 0 radical (unpaired) electrons. The number of carboxylic acid groups (broad SMARTS) is 1. The van der Waals surface area contributed by atoms with Crippen molar-refractivity contribution in [1.29, 1.82) is 0 Å². The normalized spacial score (nSPS) is 11.3. The summed E-state index contributed by atoms with van der Waals surface area (Å²) < 4.78 is 5.50. The molecule has 1 aromatic rings. The molecule has 17 heavy (non-hydrogen) atoms. The van der Waals surface area contributed by atoms with Crippen LogP contribution in [0.25, 0.3) is 5.57 Å². The Kier molecular flexibility index (Phi) is 5.77. The molecule has 0 aliphatic heterocycles. The van der Waals surface area contributed by atoms with Gasteiger partial charge in [0.25, 0.3) is 0 Å². The van der Waals surface area contributed by atoms with Crippen LogP contribution in [0.4, 0.5) is 0 Å². The Labute approximate surface area is 109 Å². The van der Waals surface area contributed by atoms with E-state index in [0.29, 0.717) is 6.61 Å².